The summed E-state index contributed by atoms with van der Waals surface area (Å²) in [7, 11) is 0. The minimum atomic E-state index is 0. The first-order valence-corrected chi connectivity index (χ1v) is 3.34. The molecule has 0 spiro atoms. The Hall–Kier alpha value is 1.06. The molecule has 0 saturated carbocycles. The van der Waals surface area contributed by atoms with Crippen molar-refractivity contribution in [2.75, 3.05) is 13.1 Å². The number of nitrogens with zero attached hydrogens (tertiary/aromatic N) is 1. The van der Waals surface area contributed by atoms with Gasteiger partial charge in [-0.05, 0) is 5.41 Å². The van der Waals surface area contributed by atoms with Crippen molar-refractivity contribution < 1.29 is 32.7 Å². The van der Waals surface area contributed by atoms with Crippen LogP contribution in [0, 0.1) is 12.8 Å². The minimum absolute atomic E-state index is 0. The van der Waals surface area contributed by atoms with Gasteiger partial charge in [-0.15, -0.1) is 13.1 Å². The second-order valence-corrected chi connectivity index (χ2v) is 3.34. The Morgan fingerprint density at radius 3 is 1.70 bits per heavy atom. The van der Waals surface area contributed by atoms with Crippen molar-refractivity contribution in [2.45, 2.75) is 26.7 Å². The summed E-state index contributed by atoms with van der Waals surface area (Å²) in [6, 6.07) is 0. The number of rotatable bonds is 0. The van der Waals surface area contributed by atoms with Crippen LogP contribution in [-0.4, -0.2) is 13.1 Å². The molecule has 1 radical (unpaired) electrons. The van der Waals surface area contributed by atoms with Gasteiger partial charge in [0.1, 0.15) is 0 Å². The fraction of sp³-hybridized carbons (Fsp3) is 0.875. The minimum Gasteiger partial charge on any atom is -0.662 e. The van der Waals surface area contributed by atoms with E-state index >= 15 is 0 Å². The summed E-state index contributed by atoms with van der Waals surface area (Å²) in [5.74, 6) is 0. The Morgan fingerprint density at radius 1 is 1.10 bits per heavy atom. The van der Waals surface area contributed by atoms with Gasteiger partial charge in [0.15, 0.2) is 0 Å². The van der Waals surface area contributed by atoms with E-state index in [9.17, 15) is 0 Å². The zero-order valence-electron chi connectivity index (χ0n) is 7.35. The zero-order valence-corrected chi connectivity index (χ0v) is 10.2. The molecule has 0 aromatic carbocycles. The van der Waals surface area contributed by atoms with Gasteiger partial charge >= 0.3 is 0 Å². The maximum absolute atomic E-state index is 4.27. The van der Waals surface area contributed by atoms with Gasteiger partial charge in [-0.1, -0.05) is 26.7 Å². The Labute approximate surface area is 90.2 Å². The van der Waals surface area contributed by atoms with Gasteiger partial charge in [-0.25, -0.2) is 0 Å². The molecule has 59 valence electrons. The van der Waals surface area contributed by atoms with Crippen LogP contribution in [-0.2, 0) is 32.7 Å². The van der Waals surface area contributed by atoms with Crippen molar-refractivity contribution >= 4 is 0 Å². The van der Waals surface area contributed by atoms with Crippen LogP contribution in [0.3, 0.4) is 0 Å². The molecule has 1 rings (SSSR count). The Morgan fingerprint density at radius 2 is 1.50 bits per heavy atom. The molecule has 2 heteroatoms. The van der Waals surface area contributed by atoms with Crippen molar-refractivity contribution in [3.05, 3.63) is 12.7 Å². The number of hydrogen-bond acceptors (Lipinski definition) is 0. The average molecular weight is 216 g/mol. The third kappa shape index (κ3) is 4.81. The largest absolute Gasteiger partial charge is 0.662 e. The number of piperidine rings is 1. The fourth-order valence-electron chi connectivity index (χ4n) is 1.00. The first-order chi connectivity index (χ1) is 3.71. The molecular weight excluding hydrogens is 199 g/mol. The molecule has 1 aliphatic rings. The summed E-state index contributed by atoms with van der Waals surface area (Å²) >= 11 is 0. The maximum Gasteiger partial charge on any atom is 0 e. The molecule has 1 fully saturated rings. The van der Waals surface area contributed by atoms with E-state index in [4.69, 9.17) is 0 Å². The Kier molecular flexibility index (Phi) is 7.75. The maximum atomic E-state index is 4.27. The quantitative estimate of drug-likeness (QED) is 0.552. The van der Waals surface area contributed by atoms with Crippen molar-refractivity contribution in [1.29, 1.82) is 0 Å². The standard InChI is InChI=1S/C7H14N.CH3.Y/c1-7(2)3-5-8-6-4-7;;/h3-6H2,1-2H3;1H3;/q2*-1;. The molecule has 1 nitrogen and oxygen atoms in total. The van der Waals surface area contributed by atoms with E-state index in [0.717, 1.165) is 13.1 Å². The van der Waals surface area contributed by atoms with Crippen LogP contribution in [0.15, 0.2) is 0 Å². The van der Waals surface area contributed by atoms with E-state index in [1.54, 1.807) is 0 Å². The normalized spacial score (nSPS) is 22.2. The molecule has 0 aromatic heterocycles. The predicted molar refractivity (Wildman–Crippen MR) is 42.5 cm³/mol. The first-order valence-electron chi connectivity index (χ1n) is 3.34. The van der Waals surface area contributed by atoms with Gasteiger partial charge in [0.25, 0.3) is 0 Å². The van der Waals surface area contributed by atoms with E-state index in [2.05, 4.69) is 19.2 Å². The summed E-state index contributed by atoms with van der Waals surface area (Å²) in [4.78, 5) is 0. The van der Waals surface area contributed by atoms with Crippen LogP contribution in [0.5, 0.6) is 0 Å². The number of hydrogen-bond donors (Lipinski definition) is 0. The molecule has 0 N–H and O–H groups in total. The van der Waals surface area contributed by atoms with Crippen LogP contribution < -0.4 is 0 Å². The predicted octanol–water partition coefficient (Wildman–Crippen LogP) is 2.63. The van der Waals surface area contributed by atoms with E-state index < -0.39 is 0 Å². The van der Waals surface area contributed by atoms with Crippen molar-refractivity contribution in [3.63, 3.8) is 0 Å². The van der Waals surface area contributed by atoms with E-state index in [1.165, 1.54) is 12.8 Å². The van der Waals surface area contributed by atoms with Gasteiger partial charge < -0.3 is 12.7 Å². The smallest absolute Gasteiger partial charge is 0 e. The van der Waals surface area contributed by atoms with Gasteiger partial charge in [0.05, 0.1) is 0 Å². The monoisotopic (exact) mass is 216 g/mol. The molecule has 1 heterocycles. The molecule has 10 heavy (non-hydrogen) atoms. The average Bonchev–Trinajstić information content (AvgIpc) is 1.65. The van der Waals surface area contributed by atoms with Crippen molar-refractivity contribution in [1.82, 2.24) is 0 Å². The zero-order chi connectivity index (χ0) is 6.04. The molecule has 0 aliphatic carbocycles. The Balaban J connectivity index is 0. The van der Waals surface area contributed by atoms with E-state index in [0.29, 0.717) is 5.41 Å². The van der Waals surface area contributed by atoms with Gasteiger partial charge in [0.2, 0.25) is 0 Å². The third-order valence-corrected chi connectivity index (χ3v) is 1.89. The van der Waals surface area contributed by atoms with Crippen LogP contribution in [0.2, 0.25) is 0 Å². The van der Waals surface area contributed by atoms with Crippen molar-refractivity contribution in [2.24, 2.45) is 5.41 Å². The summed E-state index contributed by atoms with van der Waals surface area (Å²) in [6.45, 7) is 6.82. The van der Waals surface area contributed by atoms with Gasteiger partial charge in [-0.2, -0.15) is 0 Å². The summed E-state index contributed by atoms with van der Waals surface area (Å²) in [5.41, 5.74) is 0.585. The molecule has 1 aliphatic heterocycles. The molecule has 1 saturated heterocycles. The SMILES string of the molecule is CC1(C)CC[N-]CC1.[CH3-].[Y]. The second kappa shape index (κ2) is 5.68. The summed E-state index contributed by atoms with van der Waals surface area (Å²) < 4.78 is 0. The van der Waals surface area contributed by atoms with Crippen LogP contribution in [0.1, 0.15) is 26.7 Å². The van der Waals surface area contributed by atoms with E-state index in [-0.39, 0.29) is 40.1 Å². The van der Waals surface area contributed by atoms with Gasteiger partial charge in [0, 0.05) is 32.7 Å². The van der Waals surface area contributed by atoms with Crippen LogP contribution >= 0.6 is 0 Å². The molecule has 0 amide bonds. The van der Waals surface area contributed by atoms with Crippen LogP contribution in [0.4, 0.5) is 0 Å². The Bertz CT molecular complexity index is 73.3. The molecule has 0 atom stereocenters. The van der Waals surface area contributed by atoms with Crippen molar-refractivity contribution in [3.8, 4) is 0 Å². The molecule has 0 unspecified atom stereocenters. The second-order valence-electron chi connectivity index (χ2n) is 3.34. The molecule has 0 aromatic rings. The third-order valence-electron chi connectivity index (χ3n) is 1.89. The topological polar surface area (TPSA) is 14.1 Å². The van der Waals surface area contributed by atoms with E-state index in [1.807, 2.05) is 0 Å². The van der Waals surface area contributed by atoms with Gasteiger partial charge in [-0.3, -0.25) is 0 Å². The van der Waals surface area contributed by atoms with Crippen LogP contribution in [0.25, 0.3) is 5.32 Å². The first kappa shape index (κ1) is 13.6. The molecule has 0 bridgehead atoms. The summed E-state index contributed by atoms with van der Waals surface area (Å²) in [5, 5.41) is 4.27. The molecular formula is C8H17NY-2. The summed E-state index contributed by atoms with van der Waals surface area (Å²) in [6.07, 6.45) is 2.57. The fourth-order valence-corrected chi connectivity index (χ4v) is 1.00.